The Hall–Kier alpha value is -2.97. The van der Waals surface area contributed by atoms with Gasteiger partial charge < -0.3 is 24.8 Å². The van der Waals surface area contributed by atoms with Gasteiger partial charge in [0.2, 0.25) is 0 Å². The fourth-order valence-electron chi connectivity index (χ4n) is 3.64. The standard InChI is InChI=1S/C22H25N4O5P/c1-2-3-8-19-25-20-21(17-6-4-5-7-18(17)24-22(20)23)26(19)13-15-9-11-16(12-10-15)30-14-31-32(27,28)29/h4-7,9-12H,2-3,8,13-14H2,1H3,(H2,23,24)(H2,27,28,29). The highest BCUT2D eigenvalue weighted by molar-refractivity contribution is 7.46. The van der Waals surface area contributed by atoms with E-state index in [1.807, 2.05) is 36.4 Å². The van der Waals surface area contributed by atoms with E-state index in [1.54, 1.807) is 12.1 Å². The Morgan fingerprint density at radius 1 is 1.09 bits per heavy atom. The molecular formula is C22H25N4O5P. The summed E-state index contributed by atoms with van der Waals surface area (Å²) in [6, 6.07) is 15.2. The molecule has 0 unspecified atom stereocenters. The number of rotatable bonds is 9. The van der Waals surface area contributed by atoms with Gasteiger partial charge in [-0.3, -0.25) is 0 Å². The highest BCUT2D eigenvalue weighted by Gasteiger charge is 2.17. The molecule has 0 aliphatic carbocycles. The molecule has 4 aromatic rings. The number of para-hydroxylation sites is 1. The van der Waals surface area contributed by atoms with Gasteiger partial charge in [-0.25, -0.2) is 19.1 Å². The number of nitrogens with zero attached hydrogens (tertiary/aromatic N) is 3. The number of phosphoric ester groups is 1. The van der Waals surface area contributed by atoms with Crippen LogP contribution in [0.15, 0.2) is 48.5 Å². The number of phosphoric acid groups is 1. The number of aromatic nitrogens is 3. The molecule has 0 amide bonds. The normalized spacial score (nSPS) is 12.0. The van der Waals surface area contributed by atoms with Crippen molar-refractivity contribution in [2.75, 3.05) is 12.5 Å². The summed E-state index contributed by atoms with van der Waals surface area (Å²) in [4.78, 5) is 26.8. The van der Waals surface area contributed by atoms with Crippen molar-refractivity contribution in [2.24, 2.45) is 0 Å². The van der Waals surface area contributed by atoms with Crippen molar-refractivity contribution in [1.29, 1.82) is 0 Å². The Morgan fingerprint density at radius 2 is 1.84 bits per heavy atom. The third-order valence-corrected chi connectivity index (χ3v) is 5.60. The number of ether oxygens (including phenoxy) is 1. The van der Waals surface area contributed by atoms with E-state index in [0.717, 1.165) is 47.1 Å². The number of hydrogen-bond donors (Lipinski definition) is 3. The fraction of sp³-hybridized carbons (Fsp3) is 0.273. The number of imidazole rings is 1. The molecule has 2 aromatic heterocycles. The van der Waals surface area contributed by atoms with Crippen LogP contribution >= 0.6 is 7.82 Å². The first kappa shape index (κ1) is 22.2. The van der Waals surface area contributed by atoms with Crippen LogP contribution in [0.5, 0.6) is 5.75 Å². The first-order valence-electron chi connectivity index (χ1n) is 10.3. The SMILES string of the molecule is CCCCc1nc2c(N)nc3ccccc3c2n1Cc1ccc(OCOP(=O)(O)O)cc1. The van der Waals surface area contributed by atoms with Gasteiger partial charge in [-0.1, -0.05) is 43.7 Å². The van der Waals surface area contributed by atoms with E-state index in [0.29, 0.717) is 23.6 Å². The van der Waals surface area contributed by atoms with Crippen molar-refractivity contribution in [3.63, 3.8) is 0 Å². The zero-order valence-electron chi connectivity index (χ0n) is 17.6. The monoisotopic (exact) mass is 456 g/mol. The van der Waals surface area contributed by atoms with E-state index in [4.69, 9.17) is 25.2 Å². The third kappa shape index (κ3) is 4.92. The van der Waals surface area contributed by atoms with Gasteiger partial charge in [0, 0.05) is 18.4 Å². The molecule has 4 rings (SSSR count). The number of unbranched alkanes of at least 4 members (excludes halogenated alkanes) is 1. The number of pyridine rings is 1. The van der Waals surface area contributed by atoms with Crippen LogP contribution in [-0.4, -0.2) is 31.1 Å². The van der Waals surface area contributed by atoms with Gasteiger partial charge in [0.05, 0.1) is 11.0 Å². The maximum Gasteiger partial charge on any atom is 0.472 e. The lowest BCUT2D eigenvalue weighted by Gasteiger charge is -2.12. The predicted molar refractivity (Wildman–Crippen MR) is 122 cm³/mol. The average Bonchev–Trinajstić information content (AvgIpc) is 3.12. The van der Waals surface area contributed by atoms with Gasteiger partial charge in [0.1, 0.15) is 17.1 Å². The molecule has 0 radical (unpaired) electrons. The fourth-order valence-corrected chi connectivity index (χ4v) is 3.83. The highest BCUT2D eigenvalue weighted by atomic mass is 31.2. The molecule has 0 bridgehead atoms. The number of benzene rings is 2. The number of nitrogen functional groups attached to an aromatic ring is 1. The molecule has 10 heteroatoms. The number of fused-ring (bicyclic) bond motifs is 3. The van der Waals surface area contributed by atoms with E-state index >= 15 is 0 Å². The second kappa shape index (κ2) is 9.26. The van der Waals surface area contributed by atoms with Crippen LogP contribution in [0.4, 0.5) is 5.82 Å². The predicted octanol–water partition coefficient (Wildman–Crippen LogP) is 4.00. The molecule has 32 heavy (non-hydrogen) atoms. The first-order chi connectivity index (χ1) is 15.4. The zero-order valence-corrected chi connectivity index (χ0v) is 18.5. The van der Waals surface area contributed by atoms with Gasteiger partial charge in [-0.2, -0.15) is 0 Å². The van der Waals surface area contributed by atoms with Crippen LogP contribution in [0.25, 0.3) is 21.9 Å². The molecule has 168 valence electrons. The molecule has 2 aromatic carbocycles. The van der Waals surface area contributed by atoms with Crippen LogP contribution < -0.4 is 10.5 Å². The van der Waals surface area contributed by atoms with E-state index in [1.165, 1.54) is 0 Å². The lowest BCUT2D eigenvalue weighted by Crippen LogP contribution is -2.06. The van der Waals surface area contributed by atoms with Crippen LogP contribution in [0, 0.1) is 0 Å². The summed E-state index contributed by atoms with van der Waals surface area (Å²) in [5.41, 5.74) is 9.78. The quantitative estimate of drug-likeness (QED) is 0.254. The van der Waals surface area contributed by atoms with E-state index in [9.17, 15) is 4.57 Å². The van der Waals surface area contributed by atoms with Crippen LogP contribution in [0.1, 0.15) is 31.2 Å². The molecule has 2 heterocycles. The summed E-state index contributed by atoms with van der Waals surface area (Å²) in [6.07, 6.45) is 2.90. The summed E-state index contributed by atoms with van der Waals surface area (Å²) in [6.45, 7) is 2.20. The Labute approximate surface area is 185 Å². The first-order valence-corrected chi connectivity index (χ1v) is 11.8. The average molecular weight is 456 g/mol. The third-order valence-electron chi connectivity index (χ3n) is 5.15. The molecule has 0 fully saturated rings. The lowest BCUT2D eigenvalue weighted by molar-refractivity contribution is 0.0829. The van der Waals surface area contributed by atoms with Gasteiger partial charge in [0.15, 0.2) is 12.6 Å². The minimum atomic E-state index is -4.56. The molecule has 0 aliphatic heterocycles. The summed E-state index contributed by atoms with van der Waals surface area (Å²) >= 11 is 0. The summed E-state index contributed by atoms with van der Waals surface area (Å²) in [7, 11) is -4.56. The van der Waals surface area contributed by atoms with Gasteiger partial charge in [-0.05, 0) is 30.2 Å². The summed E-state index contributed by atoms with van der Waals surface area (Å²) in [5.74, 6) is 1.83. The van der Waals surface area contributed by atoms with E-state index in [2.05, 4.69) is 21.0 Å². The number of nitrogens with two attached hydrogens (primary N) is 1. The Bertz CT molecular complexity index is 1280. The molecule has 9 nitrogen and oxygen atoms in total. The van der Waals surface area contributed by atoms with Gasteiger partial charge in [-0.15, -0.1) is 0 Å². The largest absolute Gasteiger partial charge is 0.472 e. The number of aryl methyl sites for hydroxylation is 1. The number of hydrogen-bond acceptors (Lipinski definition) is 6. The Morgan fingerprint density at radius 3 is 2.56 bits per heavy atom. The van der Waals surface area contributed by atoms with E-state index < -0.39 is 14.6 Å². The van der Waals surface area contributed by atoms with Crippen molar-refractivity contribution >= 4 is 35.6 Å². The summed E-state index contributed by atoms with van der Waals surface area (Å²) in [5, 5.41) is 1.00. The van der Waals surface area contributed by atoms with Crippen LogP contribution in [-0.2, 0) is 22.1 Å². The topological polar surface area (TPSA) is 133 Å². The second-order valence-corrected chi connectivity index (χ2v) is 8.69. The minimum absolute atomic E-state index is 0.420. The van der Waals surface area contributed by atoms with Gasteiger partial charge in [0.25, 0.3) is 0 Å². The second-order valence-electron chi connectivity index (χ2n) is 7.45. The molecule has 4 N–H and O–H groups in total. The summed E-state index contributed by atoms with van der Waals surface area (Å²) < 4.78 is 22.5. The maximum absolute atomic E-state index is 10.8. The van der Waals surface area contributed by atoms with Crippen molar-refractivity contribution in [3.8, 4) is 5.75 Å². The van der Waals surface area contributed by atoms with Crippen molar-refractivity contribution in [2.45, 2.75) is 32.7 Å². The molecule has 0 spiro atoms. The molecule has 0 atom stereocenters. The Kier molecular flexibility index (Phi) is 6.43. The highest BCUT2D eigenvalue weighted by Crippen LogP contribution is 2.35. The van der Waals surface area contributed by atoms with Crippen LogP contribution in [0.2, 0.25) is 0 Å². The molecule has 0 saturated heterocycles. The zero-order chi connectivity index (χ0) is 22.7. The minimum Gasteiger partial charge on any atom is -0.467 e. The van der Waals surface area contributed by atoms with Crippen molar-refractivity contribution < 1.29 is 23.6 Å². The van der Waals surface area contributed by atoms with Gasteiger partial charge >= 0.3 is 7.82 Å². The van der Waals surface area contributed by atoms with Crippen molar-refractivity contribution in [3.05, 3.63) is 59.9 Å². The lowest BCUT2D eigenvalue weighted by atomic mass is 10.1. The molecular weight excluding hydrogens is 431 g/mol. The van der Waals surface area contributed by atoms with Crippen LogP contribution in [0.3, 0.4) is 0 Å². The molecule has 0 aliphatic rings. The number of anilines is 1. The smallest absolute Gasteiger partial charge is 0.467 e. The van der Waals surface area contributed by atoms with Crippen molar-refractivity contribution in [1.82, 2.24) is 14.5 Å². The molecule has 0 saturated carbocycles. The van der Waals surface area contributed by atoms with E-state index in [-0.39, 0.29) is 0 Å². The maximum atomic E-state index is 10.8. The Balaban J connectivity index is 1.67.